The lowest BCUT2D eigenvalue weighted by Crippen LogP contribution is -2.41. The van der Waals surface area contributed by atoms with Gasteiger partial charge in [0.15, 0.2) is 0 Å². The molecule has 1 atom stereocenters. The van der Waals surface area contributed by atoms with Crippen molar-refractivity contribution in [2.75, 3.05) is 6.54 Å². The van der Waals surface area contributed by atoms with Crippen molar-refractivity contribution in [2.45, 2.75) is 32.2 Å². The molecule has 24 heavy (non-hydrogen) atoms. The number of thiazole rings is 1. The zero-order valence-electron chi connectivity index (χ0n) is 13.7. The number of benzene rings is 2. The SMILES string of the molecule is CC1CCCCN1C(=O)c1ccc(-c2nc3ccccc3s2)cc1. The Labute approximate surface area is 146 Å². The summed E-state index contributed by atoms with van der Waals surface area (Å²) in [5, 5.41) is 1.00. The van der Waals surface area contributed by atoms with Gasteiger partial charge >= 0.3 is 0 Å². The van der Waals surface area contributed by atoms with Crippen molar-refractivity contribution in [3.63, 3.8) is 0 Å². The van der Waals surface area contributed by atoms with Gasteiger partial charge in [-0.2, -0.15) is 0 Å². The van der Waals surface area contributed by atoms with Crippen molar-refractivity contribution in [1.29, 1.82) is 0 Å². The van der Waals surface area contributed by atoms with Gasteiger partial charge in [0.05, 0.1) is 10.2 Å². The van der Waals surface area contributed by atoms with Gasteiger partial charge in [0, 0.05) is 23.7 Å². The molecule has 122 valence electrons. The van der Waals surface area contributed by atoms with Gasteiger partial charge in [-0.1, -0.05) is 24.3 Å². The third kappa shape index (κ3) is 2.82. The van der Waals surface area contributed by atoms with Crippen LogP contribution in [0.5, 0.6) is 0 Å². The molecular weight excluding hydrogens is 316 g/mol. The molecule has 2 aromatic carbocycles. The Bertz CT molecular complexity index is 836. The fourth-order valence-electron chi connectivity index (χ4n) is 3.32. The summed E-state index contributed by atoms with van der Waals surface area (Å²) in [6.07, 6.45) is 3.44. The van der Waals surface area contributed by atoms with Gasteiger partial charge in [-0.15, -0.1) is 11.3 Å². The first-order chi connectivity index (χ1) is 11.7. The Morgan fingerprint density at radius 3 is 2.67 bits per heavy atom. The summed E-state index contributed by atoms with van der Waals surface area (Å²) in [5.74, 6) is 0.151. The number of piperidine rings is 1. The molecule has 1 saturated heterocycles. The van der Waals surface area contributed by atoms with Crippen molar-refractivity contribution in [3.8, 4) is 10.6 Å². The Morgan fingerprint density at radius 1 is 1.12 bits per heavy atom. The smallest absolute Gasteiger partial charge is 0.254 e. The summed E-state index contributed by atoms with van der Waals surface area (Å²) in [6, 6.07) is 16.4. The molecule has 1 aromatic heterocycles. The van der Waals surface area contributed by atoms with Gasteiger partial charge in [-0.3, -0.25) is 4.79 Å². The Balaban J connectivity index is 1.59. The van der Waals surface area contributed by atoms with E-state index in [1.807, 2.05) is 47.4 Å². The van der Waals surface area contributed by atoms with Crippen molar-refractivity contribution in [2.24, 2.45) is 0 Å². The highest BCUT2D eigenvalue weighted by atomic mass is 32.1. The molecule has 2 heterocycles. The lowest BCUT2D eigenvalue weighted by molar-refractivity contribution is 0.0635. The molecule has 0 aliphatic carbocycles. The molecular formula is C20H20N2OS. The molecule has 0 bridgehead atoms. The fourth-order valence-corrected chi connectivity index (χ4v) is 4.29. The zero-order valence-corrected chi connectivity index (χ0v) is 14.6. The van der Waals surface area contributed by atoms with E-state index in [-0.39, 0.29) is 5.91 Å². The van der Waals surface area contributed by atoms with Gasteiger partial charge in [0.1, 0.15) is 5.01 Å². The van der Waals surface area contributed by atoms with E-state index in [0.29, 0.717) is 6.04 Å². The van der Waals surface area contributed by atoms with Crippen LogP contribution in [-0.2, 0) is 0 Å². The number of nitrogens with zero attached hydrogens (tertiary/aromatic N) is 2. The average Bonchev–Trinajstić information content (AvgIpc) is 3.06. The number of carbonyl (C=O) groups is 1. The fraction of sp³-hybridized carbons (Fsp3) is 0.300. The second-order valence-electron chi connectivity index (χ2n) is 6.41. The van der Waals surface area contributed by atoms with Crippen molar-refractivity contribution < 1.29 is 4.79 Å². The molecule has 1 aliphatic rings. The van der Waals surface area contributed by atoms with Crippen LogP contribution in [0.3, 0.4) is 0 Å². The maximum Gasteiger partial charge on any atom is 0.254 e. The second-order valence-corrected chi connectivity index (χ2v) is 7.44. The maximum atomic E-state index is 12.7. The Kier molecular flexibility index (Phi) is 4.07. The Hall–Kier alpha value is -2.20. The number of rotatable bonds is 2. The first-order valence-electron chi connectivity index (χ1n) is 8.49. The van der Waals surface area contributed by atoms with Crippen LogP contribution in [0, 0.1) is 0 Å². The second kappa shape index (κ2) is 6.36. The van der Waals surface area contributed by atoms with Gasteiger partial charge in [0.25, 0.3) is 5.91 Å². The molecule has 0 spiro atoms. The molecule has 3 aromatic rings. The highest BCUT2D eigenvalue weighted by molar-refractivity contribution is 7.21. The number of aromatic nitrogens is 1. The molecule has 0 radical (unpaired) electrons. The average molecular weight is 336 g/mol. The van der Waals surface area contributed by atoms with E-state index in [9.17, 15) is 4.79 Å². The minimum absolute atomic E-state index is 0.151. The summed E-state index contributed by atoms with van der Waals surface area (Å²) >= 11 is 1.69. The zero-order chi connectivity index (χ0) is 16.5. The van der Waals surface area contributed by atoms with E-state index in [2.05, 4.69) is 18.0 Å². The number of carbonyl (C=O) groups excluding carboxylic acids is 1. The number of hydrogen-bond acceptors (Lipinski definition) is 3. The van der Waals surface area contributed by atoms with Gasteiger partial charge in [-0.05, 0) is 50.5 Å². The van der Waals surface area contributed by atoms with E-state index in [4.69, 9.17) is 0 Å². The minimum Gasteiger partial charge on any atom is -0.336 e. The molecule has 0 N–H and O–H groups in total. The highest BCUT2D eigenvalue weighted by Gasteiger charge is 2.24. The predicted molar refractivity (Wildman–Crippen MR) is 99.4 cm³/mol. The number of amides is 1. The predicted octanol–water partition coefficient (Wildman–Crippen LogP) is 4.98. The maximum absolute atomic E-state index is 12.7. The van der Waals surface area contributed by atoms with Crippen LogP contribution in [0.2, 0.25) is 0 Å². The van der Waals surface area contributed by atoms with Crippen molar-refractivity contribution in [1.82, 2.24) is 9.88 Å². The molecule has 0 saturated carbocycles. The number of likely N-dealkylation sites (tertiary alicyclic amines) is 1. The van der Waals surface area contributed by atoms with Gasteiger partial charge in [0.2, 0.25) is 0 Å². The van der Waals surface area contributed by atoms with Crippen molar-refractivity contribution >= 4 is 27.5 Å². The first kappa shape index (κ1) is 15.3. The van der Waals surface area contributed by atoms with Crippen LogP contribution >= 0.6 is 11.3 Å². The van der Waals surface area contributed by atoms with E-state index < -0.39 is 0 Å². The molecule has 4 rings (SSSR count). The molecule has 1 fully saturated rings. The molecule has 1 aliphatic heterocycles. The third-order valence-corrected chi connectivity index (χ3v) is 5.82. The summed E-state index contributed by atoms with van der Waals surface area (Å²) in [4.78, 5) is 19.4. The van der Waals surface area contributed by atoms with Crippen LogP contribution in [0.1, 0.15) is 36.5 Å². The highest BCUT2D eigenvalue weighted by Crippen LogP contribution is 2.30. The molecule has 3 nitrogen and oxygen atoms in total. The van der Waals surface area contributed by atoms with Crippen LogP contribution in [0.25, 0.3) is 20.8 Å². The van der Waals surface area contributed by atoms with Crippen LogP contribution in [0.4, 0.5) is 0 Å². The Morgan fingerprint density at radius 2 is 1.92 bits per heavy atom. The minimum atomic E-state index is 0.151. The number of hydrogen-bond donors (Lipinski definition) is 0. The monoisotopic (exact) mass is 336 g/mol. The molecule has 4 heteroatoms. The van der Waals surface area contributed by atoms with Crippen LogP contribution < -0.4 is 0 Å². The standard InChI is InChI=1S/C20H20N2OS/c1-14-6-4-5-13-22(14)20(23)16-11-9-15(10-12-16)19-21-17-7-2-3-8-18(17)24-19/h2-3,7-12,14H,4-6,13H2,1H3. The van der Waals surface area contributed by atoms with Crippen molar-refractivity contribution in [3.05, 3.63) is 54.1 Å². The van der Waals surface area contributed by atoms with Gasteiger partial charge < -0.3 is 4.90 Å². The van der Waals surface area contributed by atoms with E-state index >= 15 is 0 Å². The van der Waals surface area contributed by atoms with Crippen LogP contribution in [-0.4, -0.2) is 28.4 Å². The number of fused-ring (bicyclic) bond motifs is 1. The summed E-state index contributed by atoms with van der Waals surface area (Å²) in [5.41, 5.74) is 2.87. The first-order valence-corrected chi connectivity index (χ1v) is 9.31. The normalized spacial score (nSPS) is 18.0. The van der Waals surface area contributed by atoms with E-state index in [1.54, 1.807) is 11.3 Å². The molecule has 1 unspecified atom stereocenters. The lowest BCUT2D eigenvalue weighted by atomic mass is 10.0. The summed E-state index contributed by atoms with van der Waals surface area (Å²) in [6.45, 7) is 3.02. The molecule has 1 amide bonds. The topological polar surface area (TPSA) is 33.2 Å². The largest absolute Gasteiger partial charge is 0.336 e. The number of para-hydroxylation sites is 1. The van der Waals surface area contributed by atoms with E-state index in [1.165, 1.54) is 11.1 Å². The quantitative estimate of drug-likeness (QED) is 0.661. The summed E-state index contributed by atoms with van der Waals surface area (Å²) in [7, 11) is 0. The summed E-state index contributed by atoms with van der Waals surface area (Å²) < 4.78 is 1.19. The van der Waals surface area contributed by atoms with E-state index in [0.717, 1.165) is 41.0 Å². The van der Waals surface area contributed by atoms with Crippen LogP contribution in [0.15, 0.2) is 48.5 Å². The lowest BCUT2D eigenvalue weighted by Gasteiger charge is -2.33. The third-order valence-electron chi connectivity index (χ3n) is 4.74. The van der Waals surface area contributed by atoms with Gasteiger partial charge in [-0.25, -0.2) is 4.98 Å².